The molecular formula is C24H21NO7S. The molecule has 0 amide bonds. The molecule has 33 heavy (non-hydrogen) atoms. The van der Waals surface area contributed by atoms with Crippen LogP contribution in [-0.2, 0) is 14.8 Å². The first-order valence-electron chi connectivity index (χ1n) is 10.1. The molecule has 0 saturated heterocycles. The van der Waals surface area contributed by atoms with Gasteiger partial charge in [-0.2, -0.15) is 0 Å². The summed E-state index contributed by atoms with van der Waals surface area (Å²) in [5.74, 6) is -0.222. The number of benzene rings is 3. The number of rotatable bonds is 7. The van der Waals surface area contributed by atoms with E-state index in [0.29, 0.717) is 36.0 Å². The van der Waals surface area contributed by atoms with Gasteiger partial charge in [0.2, 0.25) is 0 Å². The molecule has 170 valence electrons. The number of ketones is 1. The van der Waals surface area contributed by atoms with Crippen LogP contribution in [0.25, 0.3) is 0 Å². The molecule has 0 N–H and O–H groups in total. The Balaban J connectivity index is 1.45. The van der Waals surface area contributed by atoms with E-state index in [2.05, 4.69) is 0 Å². The summed E-state index contributed by atoms with van der Waals surface area (Å²) in [4.78, 5) is 24.9. The minimum absolute atomic E-state index is 0.0208. The lowest BCUT2D eigenvalue weighted by Gasteiger charge is -2.19. The van der Waals surface area contributed by atoms with Gasteiger partial charge in [-0.15, -0.1) is 0 Å². The number of hydrogen-bond donors (Lipinski definition) is 0. The maximum Gasteiger partial charge on any atom is 0.338 e. The quantitative estimate of drug-likeness (QED) is 0.388. The summed E-state index contributed by atoms with van der Waals surface area (Å²) in [5, 5.41) is 0. The highest BCUT2D eigenvalue weighted by molar-refractivity contribution is 7.92. The van der Waals surface area contributed by atoms with Crippen molar-refractivity contribution < 1.29 is 32.2 Å². The van der Waals surface area contributed by atoms with Gasteiger partial charge in [0.1, 0.15) is 13.2 Å². The van der Waals surface area contributed by atoms with Crippen LogP contribution >= 0.6 is 0 Å². The predicted octanol–water partition coefficient (Wildman–Crippen LogP) is 3.32. The molecule has 9 heteroatoms. The van der Waals surface area contributed by atoms with Gasteiger partial charge < -0.3 is 14.2 Å². The van der Waals surface area contributed by atoms with Crippen molar-refractivity contribution in [2.45, 2.75) is 4.90 Å². The van der Waals surface area contributed by atoms with E-state index in [1.54, 1.807) is 42.5 Å². The van der Waals surface area contributed by atoms with Crippen LogP contribution in [0.3, 0.4) is 0 Å². The maximum atomic E-state index is 13.0. The third kappa shape index (κ3) is 4.83. The Kier molecular flexibility index (Phi) is 6.32. The third-order valence-corrected chi connectivity index (χ3v) is 6.83. The second-order valence-electron chi connectivity index (χ2n) is 7.19. The van der Waals surface area contributed by atoms with Gasteiger partial charge in [-0.25, -0.2) is 13.2 Å². The fourth-order valence-electron chi connectivity index (χ4n) is 3.23. The number of carbonyl (C=O) groups excluding carboxylic acids is 2. The predicted molar refractivity (Wildman–Crippen MR) is 121 cm³/mol. The molecule has 0 aromatic heterocycles. The van der Waals surface area contributed by atoms with E-state index in [1.807, 2.05) is 0 Å². The van der Waals surface area contributed by atoms with Crippen molar-refractivity contribution in [1.29, 1.82) is 0 Å². The SMILES string of the molecule is CN(c1ccccc1)S(=O)(=O)c1cccc(C(=O)OCC(=O)c2ccc3c(c2)OCCO3)c1. The molecule has 0 fully saturated rings. The monoisotopic (exact) mass is 467 g/mol. The van der Waals surface area contributed by atoms with Crippen LogP contribution in [0.1, 0.15) is 20.7 Å². The van der Waals surface area contributed by atoms with Crippen LogP contribution in [0.5, 0.6) is 11.5 Å². The van der Waals surface area contributed by atoms with Crippen molar-refractivity contribution >= 4 is 27.5 Å². The molecule has 0 saturated carbocycles. The largest absolute Gasteiger partial charge is 0.486 e. The van der Waals surface area contributed by atoms with E-state index >= 15 is 0 Å². The van der Waals surface area contributed by atoms with Gasteiger partial charge in [-0.05, 0) is 48.5 Å². The van der Waals surface area contributed by atoms with Crippen molar-refractivity contribution in [2.24, 2.45) is 0 Å². The highest BCUT2D eigenvalue weighted by Gasteiger charge is 2.23. The summed E-state index contributed by atoms with van der Waals surface area (Å²) >= 11 is 0. The Morgan fingerprint density at radius 2 is 1.61 bits per heavy atom. The van der Waals surface area contributed by atoms with Gasteiger partial charge in [0, 0.05) is 12.6 Å². The molecule has 4 rings (SSSR count). The van der Waals surface area contributed by atoms with E-state index < -0.39 is 28.4 Å². The molecule has 1 aliphatic heterocycles. The Labute approximate surface area is 191 Å². The minimum Gasteiger partial charge on any atom is -0.486 e. The summed E-state index contributed by atoms with van der Waals surface area (Å²) < 4.78 is 43.1. The lowest BCUT2D eigenvalue weighted by Crippen LogP contribution is -2.26. The molecule has 8 nitrogen and oxygen atoms in total. The summed E-state index contributed by atoms with van der Waals surface area (Å²) in [6.07, 6.45) is 0. The molecule has 0 spiro atoms. The number of sulfonamides is 1. The second-order valence-corrected chi connectivity index (χ2v) is 9.16. The Bertz CT molecular complexity index is 1290. The van der Waals surface area contributed by atoms with Crippen LogP contribution in [0, 0.1) is 0 Å². The number of ether oxygens (including phenoxy) is 3. The smallest absolute Gasteiger partial charge is 0.338 e. The van der Waals surface area contributed by atoms with Gasteiger partial charge in [-0.3, -0.25) is 9.10 Å². The number of Topliss-reactive ketones (excluding diaryl/α,β-unsaturated/α-hetero) is 1. The Morgan fingerprint density at radius 1 is 0.879 bits per heavy atom. The van der Waals surface area contributed by atoms with Crippen molar-refractivity contribution in [3.8, 4) is 11.5 Å². The summed E-state index contributed by atoms with van der Waals surface area (Å²) in [6, 6.07) is 18.8. The number of para-hydroxylation sites is 1. The Morgan fingerprint density at radius 3 is 2.36 bits per heavy atom. The van der Waals surface area contributed by atoms with Gasteiger partial charge >= 0.3 is 5.97 Å². The lowest BCUT2D eigenvalue weighted by atomic mass is 10.1. The van der Waals surface area contributed by atoms with Crippen molar-refractivity contribution in [3.63, 3.8) is 0 Å². The molecule has 0 aliphatic carbocycles. The fraction of sp³-hybridized carbons (Fsp3) is 0.167. The number of nitrogens with zero attached hydrogens (tertiary/aromatic N) is 1. The normalized spacial score (nSPS) is 12.6. The lowest BCUT2D eigenvalue weighted by molar-refractivity contribution is 0.0474. The highest BCUT2D eigenvalue weighted by atomic mass is 32.2. The molecule has 0 radical (unpaired) electrons. The summed E-state index contributed by atoms with van der Waals surface area (Å²) in [6.45, 7) is 0.325. The molecule has 1 aliphatic rings. The van der Waals surface area contributed by atoms with Crippen LogP contribution in [0.15, 0.2) is 77.7 Å². The van der Waals surface area contributed by atoms with Gasteiger partial charge in [0.05, 0.1) is 16.1 Å². The number of esters is 1. The first-order valence-corrected chi connectivity index (χ1v) is 11.5. The average molecular weight is 467 g/mol. The topological polar surface area (TPSA) is 99.2 Å². The molecular weight excluding hydrogens is 446 g/mol. The van der Waals surface area contributed by atoms with Crippen LogP contribution in [-0.4, -0.2) is 47.0 Å². The van der Waals surface area contributed by atoms with Gasteiger partial charge in [0.25, 0.3) is 10.0 Å². The number of anilines is 1. The van der Waals surface area contributed by atoms with E-state index in [4.69, 9.17) is 14.2 Å². The maximum absolute atomic E-state index is 13.0. The number of fused-ring (bicyclic) bond motifs is 1. The van der Waals surface area contributed by atoms with Crippen LogP contribution < -0.4 is 13.8 Å². The Hall–Kier alpha value is -3.85. The fourth-order valence-corrected chi connectivity index (χ4v) is 4.47. The van der Waals surface area contributed by atoms with Crippen molar-refractivity contribution in [3.05, 3.63) is 83.9 Å². The molecule has 1 heterocycles. The van der Waals surface area contributed by atoms with Gasteiger partial charge in [-0.1, -0.05) is 24.3 Å². The number of hydrogen-bond acceptors (Lipinski definition) is 7. The summed E-state index contributed by atoms with van der Waals surface area (Å²) in [7, 11) is -2.47. The van der Waals surface area contributed by atoms with Crippen LogP contribution in [0.4, 0.5) is 5.69 Å². The zero-order valence-corrected chi connectivity index (χ0v) is 18.6. The molecule has 0 bridgehead atoms. The van der Waals surface area contributed by atoms with E-state index in [-0.39, 0.29) is 10.5 Å². The molecule has 0 atom stereocenters. The third-order valence-electron chi connectivity index (χ3n) is 5.05. The second kappa shape index (κ2) is 9.33. The standard InChI is InChI=1S/C24H21NO7S/c1-25(19-7-3-2-4-8-19)33(28,29)20-9-5-6-18(14-20)24(27)32-16-21(26)17-10-11-22-23(15-17)31-13-12-30-22/h2-11,14-15H,12-13,16H2,1H3. The van der Waals surface area contributed by atoms with Crippen molar-refractivity contribution in [1.82, 2.24) is 0 Å². The summed E-state index contributed by atoms with van der Waals surface area (Å²) in [5.41, 5.74) is 0.816. The zero-order valence-electron chi connectivity index (χ0n) is 17.8. The molecule has 0 unspecified atom stereocenters. The minimum atomic E-state index is -3.90. The number of carbonyl (C=O) groups is 2. The van der Waals surface area contributed by atoms with Crippen LogP contribution in [0.2, 0.25) is 0 Å². The van der Waals surface area contributed by atoms with E-state index in [1.165, 1.54) is 37.4 Å². The van der Waals surface area contributed by atoms with E-state index in [0.717, 1.165) is 4.31 Å². The zero-order chi connectivity index (χ0) is 23.4. The average Bonchev–Trinajstić information content (AvgIpc) is 2.86. The highest BCUT2D eigenvalue weighted by Crippen LogP contribution is 2.31. The molecule has 3 aromatic carbocycles. The first-order chi connectivity index (χ1) is 15.9. The van der Waals surface area contributed by atoms with Gasteiger partial charge in [0.15, 0.2) is 23.9 Å². The molecule has 3 aromatic rings. The first kappa shape index (κ1) is 22.3. The van der Waals surface area contributed by atoms with E-state index in [9.17, 15) is 18.0 Å². The van der Waals surface area contributed by atoms with Crippen molar-refractivity contribution in [2.75, 3.05) is 31.2 Å².